The van der Waals surface area contributed by atoms with Gasteiger partial charge in [0, 0.05) is 19.2 Å². The van der Waals surface area contributed by atoms with E-state index < -0.39 is 17.7 Å². The molecule has 2 aromatic carbocycles. The molecule has 1 amide bonds. The Hall–Kier alpha value is -3.32. The number of likely N-dealkylation sites (tertiary alicyclic amines) is 1. The first kappa shape index (κ1) is 27.3. The van der Waals surface area contributed by atoms with Crippen molar-refractivity contribution in [3.63, 3.8) is 0 Å². The fourth-order valence-electron chi connectivity index (χ4n) is 4.05. The van der Waals surface area contributed by atoms with Crippen molar-refractivity contribution in [3.8, 4) is 11.5 Å². The second kappa shape index (κ2) is 12.1. The Bertz CT molecular complexity index is 1120. The average Bonchev–Trinajstić information content (AvgIpc) is 3.09. The van der Waals surface area contributed by atoms with Crippen molar-refractivity contribution in [2.45, 2.75) is 40.7 Å². The number of carbonyl (C=O) groups excluding carboxylic acids is 2. The van der Waals surface area contributed by atoms with Crippen molar-refractivity contribution in [3.05, 3.63) is 64.7 Å². The molecule has 3 rings (SSSR count). The molecule has 1 aliphatic rings. The van der Waals surface area contributed by atoms with Gasteiger partial charge in [-0.15, -0.1) is 0 Å². The second-order valence-electron chi connectivity index (χ2n) is 9.95. The molecule has 0 radical (unpaired) electrons. The molecule has 1 heterocycles. The van der Waals surface area contributed by atoms with Crippen LogP contribution in [-0.2, 0) is 14.3 Å². The zero-order chi connectivity index (χ0) is 26.4. The Morgan fingerprint density at radius 1 is 1.00 bits per heavy atom. The zero-order valence-corrected chi connectivity index (χ0v) is 22.0. The van der Waals surface area contributed by atoms with Crippen LogP contribution in [0.15, 0.2) is 48.0 Å². The number of Topliss-reactive ketones (excluding diaryl/α,β-unsaturated/α-hetero) is 1. The smallest absolute Gasteiger partial charge is 0.295 e. The first-order valence-corrected chi connectivity index (χ1v) is 12.4. The topological polar surface area (TPSA) is 85.3 Å². The lowest BCUT2D eigenvalue weighted by Gasteiger charge is -2.25. The molecule has 1 aliphatic heterocycles. The first-order chi connectivity index (χ1) is 17.1. The van der Waals surface area contributed by atoms with Gasteiger partial charge in [-0.25, -0.2) is 0 Å². The van der Waals surface area contributed by atoms with Gasteiger partial charge in [-0.2, -0.15) is 0 Å². The van der Waals surface area contributed by atoms with Crippen LogP contribution in [-0.4, -0.2) is 55.2 Å². The third-order valence-corrected chi connectivity index (χ3v) is 5.85. The minimum Gasteiger partial charge on any atom is -0.507 e. The standard InChI is InChI=1S/C29H37NO6/c1-18(2)16-35-23-9-7-8-21(15-23)26-25(28(32)29(33)30(26)12-13-34-6)27(31)22-10-11-24(20(5)14-22)36-17-19(3)4/h7-11,14-15,18-19,26,31H,12-13,16-17H2,1-6H3/b27-25+. The fourth-order valence-corrected chi connectivity index (χ4v) is 4.05. The van der Waals surface area contributed by atoms with Gasteiger partial charge >= 0.3 is 0 Å². The van der Waals surface area contributed by atoms with Gasteiger partial charge in [0.1, 0.15) is 17.3 Å². The van der Waals surface area contributed by atoms with Crippen molar-refractivity contribution < 1.29 is 28.9 Å². The number of benzene rings is 2. The number of aliphatic hydroxyl groups is 1. The summed E-state index contributed by atoms with van der Waals surface area (Å²) in [6.45, 7) is 11.7. The molecular formula is C29H37NO6. The van der Waals surface area contributed by atoms with Crippen LogP contribution in [0.1, 0.15) is 50.4 Å². The summed E-state index contributed by atoms with van der Waals surface area (Å²) in [6, 6.07) is 11.8. The number of ketones is 1. The third-order valence-electron chi connectivity index (χ3n) is 5.85. The predicted molar refractivity (Wildman–Crippen MR) is 139 cm³/mol. The van der Waals surface area contributed by atoms with E-state index in [1.54, 1.807) is 18.2 Å². The molecule has 2 aromatic rings. The van der Waals surface area contributed by atoms with Crippen molar-refractivity contribution in [1.29, 1.82) is 0 Å². The minimum absolute atomic E-state index is 0.0485. The molecule has 0 bridgehead atoms. The number of ether oxygens (including phenoxy) is 3. The summed E-state index contributed by atoms with van der Waals surface area (Å²) in [4.78, 5) is 27.7. The summed E-state index contributed by atoms with van der Waals surface area (Å²) in [5.74, 6) is 0.469. The largest absolute Gasteiger partial charge is 0.507 e. The Morgan fingerprint density at radius 3 is 2.33 bits per heavy atom. The zero-order valence-electron chi connectivity index (χ0n) is 22.0. The van der Waals surface area contributed by atoms with Crippen LogP contribution < -0.4 is 9.47 Å². The van der Waals surface area contributed by atoms with Gasteiger partial charge < -0.3 is 24.2 Å². The third kappa shape index (κ3) is 6.26. The number of carbonyl (C=O) groups is 2. The summed E-state index contributed by atoms with van der Waals surface area (Å²) in [6.07, 6.45) is 0. The molecule has 7 heteroatoms. The number of hydrogen-bond acceptors (Lipinski definition) is 6. The van der Waals surface area contributed by atoms with Crippen LogP contribution in [0.5, 0.6) is 11.5 Å². The Balaban J connectivity index is 2.06. The molecule has 0 aromatic heterocycles. The highest BCUT2D eigenvalue weighted by molar-refractivity contribution is 6.46. The number of rotatable bonds is 11. The molecular weight excluding hydrogens is 458 g/mol. The predicted octanol–water partition coefficient (Wildman–Crippen LogP) is 5.13. The molecule has 194 valence electrons. The summed E-state index contributed by atoms with van der Waals surface area (Å²) in [5, 5.41) is 11.3. The van der Waals surface area contributed by atoms with Crippen LogP contribution in [0.3, 0.4) is 0 Å². The number of aryl methyl sites for hydroxylation is 1. The van der Waals surface area contributed by atoms with Gasteiger partial charge in [-0.3, -0.25) is 9.59 Å². The van der Waals surface area contributed by atoms with Gasteiger partial charge in [-0.05, 0) is 60.2 Å². The SMILES string of the molecule is COCCN1C(=O)C(=O)/C(=C(/O)c2ccc(OCC(C)C)c(C)c2)C1c1cccc(OCC(C)C)c1. The Kier molecular flexibility index (Phi) is 9.15. The van der Waals surface area contributed by atoms with E-state index in [0.717, 1.165) is 5.56 Å². The van der Waals surface area contributed by atoms with Crippen molar-refractivity contribution in [2.24, 2.45) is 11.8 Å². The van der Waals surface area contributed by atoms with Crippen molar-refractivity contribution >= 4 is 17.4 Å². The summed E-state index contributed by atoms with van der Waals surface area (Å²) >= 11 is 0. The van der Waals surface area contributed by atoms with Gasteiger partial charge in [0.15, 0.2) is 0 Å². The number of aliphatic hydroxyl groups excluding tert-OH is 1. The summed E-state index contributed by atoms with van der Waals surface area (Å²) < 4.78 is 16.9. The summed E-state index contributed by atoms with van der Waals surface area (Å²) in [5.41, 5.74) is 2.01. The average molecular weight is 496 g/mol. The molecule has 7 nitrogen and oxygen atoms in total. The number of amides is 1. The maximum Gasteiger partial charge on any atom is 0.295 e. The molecule has 0 spiro atoms. The van der Waals surface area contributed by atoms with Gasteiger partial charge in [0.2, 0.25) is 0 Å². The highest BCUT2D eigenvalue weighted by atomic mass is 16.5. The lowest BCUT2D eigenvalue weighted by atomic mass is 9.94. The summed E-state index contributed by atoms with van der Waals surface area (Å²) in [7, 11) is 1.54. The quantitative estimate of drug-likeness (QED) is 0.264. The maximum atomic E-state index is 13.2. The number of hydrogen-bond donors (Lipinski definition) is 1. The van der Waals surface area contributed by atoms with E-state index in [9.17, 15) is 14.7 Å². The molecule has 0 aliphatic carbocycles. The van der Waals surface area contributed by atoms with Crippen LogP contribution in [0.4, 0.5) is 0 Å². The molecule has 1 unspecified atom stereocenters. The Morgan fingerprint density at radius 2 is 1.69 bits per heavy atom. The van der Waals surface area contributed by atoms with Gasteiger partial charge in [0.25, 0.3) is 11.7 Å². The van der Waals surface area contributed by atoms with E-state index in [4.69, 9.17) is 14.2 Å². The molecule has 1 N–H and O–H groups in total. The minimum atomic E-state index is -0.764. The fraction of sp³-hybridized carbons (Fsp3) is 0.448. The monoisotopic (exact) mass is 495 g/mol. The van der Waals surface area contributed by atoms with E-state index >= 15 is 0 Å². The van der Waals surface area contributed by atoms with Crippen LogP contribution in [0, 0.1) is 18.8 Å². The van der Waals surface area contributed by atoms with Crippen molar-refractivity contribution in [2.75, 3.05) is 33.5 Å². The molecule has 0 saturated carbocycles. The molecule has 1 saturated heterocycles. The van der Waals surface area contributed by atoms with E-state index in [1.165, 1.54) is 12.0 Å². The highest BCUT2D eigenvalue weighted by Crippen LogP contribution is 2.40. The van der Waals surface area contributed by atoms with Crippen LogP contribution >= 0.6 is 0 Å². The van der Waals surface area contributed by atoms with Gasteiger partial charge in [-0.1, -0.05) is 39.8 Å². The molecule has 1 atom stereocenters. The van der Waals surface area contributed by atoms with Crippen LogP contribution in [0.2, 0.25) is 0 Å². The first-order valence-electron chi connectivity index (χ1n) is 12.4. The van der Waals surface area contributed by atoms with Gasteiger partial charge in [0.05, 0.1) is 31.4 Å². The lowest BCUT2D eigenvalue weighted by Crippen LogP contribution is -2.32. The van der Waals surface area contributed by atoms with E-state index in [-0.39, 0.29) is 24.5 Å². The molecule has 36 heavy (non-hydrogen) atoms. The maximum absolute atomic E-state index is 13.2. The van der Waals surface area contributed by atoms with Crippen molar-refractivity contribution in [1.82, 2.24) is 4.90 Å². The number of methoxy groups -OCH3 is 1. The highest BCUT2D eigenvalue weighted by Gasteiger charge is 2.46. The molecule has 1 fully saturated rings. The van der Waals surface area contributed by atoms with E-state index in [2.05, 4.69) is 27.7 Å². The normalized spacial score (nSPS) is 17.3. The van der Waals surface area contributed by atoms with Crippen LogP contribution in [0.25, 0.3) is 5.76 Å². The lowest BCUT2D eigenvalue weighted by molar-refractivity contribution is -0.140. The van der Waals surface area contributed by atoms with E-state index in [1.807, 2.05) is 31.2 Å². The second-order valence-corrected chi connectivity index (χ2v) is 9.95. The number of nitrogens with zero attached hydrogens (tertiary/aromatic N) is 1. The van der Waals surface area contributed by atoms with E-state index in [0.29, 0.717) is 47.7 Å². The Labute approximate surface area is 213 Å².